The minimum atomic E-state index is 0.177. The first-order valence-electron chi connectivity index (χ1n) is 6.88. The molecule has 3 nitrogen and oxygen atoms in total. The quantitative estimate of drug-likeness (QED) is 0.824. The van der Waals surface area contributed by atoms with Gasteiger partial charge in [-0.15, -0.1) is 0 Å². The Hall–Kier alpha value is -0.380. The van der Waals surface area contributed by atoms with E-state index in [9.17, 15) is 4.79 Å². The zero-order valence-corrected chi connectivity index (χ0v) is 11.6. The zero-order chi connectivity index (χ0) is 12.1. The predicted octanol–water partition coefficient (Wildman–Crippen LogP) is 2.86. The van der Waals surface area contributed by atoms with Gasteiger partial charge >= 0.3 is 6.03 Å². The van der Waals surface area contributed by atoms with Crippen LogP contribution >= 0.6 is 11.8 Å². The molecular formula is C13H24N2OS. The van der Waals surface area contributed by atoms with E-state index in [1.165, 1.54) is 32.1 Å². The Kier molecular flexibility index (Phi) is 5.01. The number of rotatable bonds is 2. The summed E-state index contributed by atoms with van der Waals surface area (Å²) in [6.07, 6.45) is 10.7. The van der Waals surface area contributed by atoms with E-state index >= 15 is 0 Å². The molecule has 2 amide bonds. The fourth-order valence-electron chi connectivity index (χ4n) is 2.85. The highest BCUT2D eigenvalue weighted by atomic mass is 32.2. The van der Waals surface area contributed by atoms with Gasteiger partial charge in [0.15, 0.2) is 0 Å². The van der Waals surface area contributed by atoms with Crippen LogP contribution in [0.3, 0.4) is 0 Å². The number of hydrogen-bond donors (Lipinski definition) is 1. The first-order valence-corrected chi connectivity index (χ1v) is 8.16. The molecule has 1 saturated heterocycles. The van der Waals surface area contributed by atoms with Crippen molar-refractivity contribution in [1.29, 1.82) is 0 Å². The predicted molar refractivity (Wildman–Crippen MR) is 73.5 cm³/mol. The molecular weight excluding hydrogens is 232 g/mol. The standard InChI is InChI=1S/C13H24N2OS/c1-17-12-7-5-6-11(10-12)14-13(16)15-8-3-2-4-9-15/h11-12H,2-10H2,1H3,(H,14,16). The minimum absolute atomic E-state index is 0.177. The number of amides is 2. The van der Waals surface area contributed by atoms with E-state index in [4.69, 9.17) is 0 Å². The molecule has 1 aliphatic heterocycles. The lowest BCUT2D eigenvalue weighted by atomic mass is 9.95. The second kappa shape index (κ2) is 6.53. The summed E-state index contributed by atoms with van der Waals surface area (Å²) < 4.78 is 0. The van der Waals surface area contributed by atoms with Gasteiger partial charge in [0.05, 0.1) is 0 Å². The van der Waals surface area contributed by atoms with Gasteiger partial charge in [-0.1, -0.05) is 6.42 Å². The van der Waals surface area contributed by atoms with Gasteiger partial charge in [-0.25, -0.2) is 4.79 Å². The topological polar surface area (TPSA) is 32.3 Å². The third kappa shape index (κ3) is 3.80. The fourth-order valence-corrected chi connectivity index (χ4v) is 3.68. The Labute approximate surface area is 109 Å². The number of nitrogens with one attached hydrogen (secondary N) is 1. The van der Waals surface area contributed by atoms with Crippen molar-refractivity contribution in [2.45, 2.75) is 56.2 Å². The number of hydrogen-bond acceptors (Lipinski definition) is 2. The van der Waals surface area contributed by atoms with Crippen LogP contribution in [0.5, 0.6) is 0 Å². The van der Waals surface area contributed by atoms with Gasteiger partial charge < -0.3 is 10.2 Å². The summed E-state index contributed by atoms with van der Waals surface area (Å²) >= 11 is 1.95. The summed E-state index contributed by atoms with van der Waals surface area (Å²) in [5.74, 6) is 0. The number of nitrogens with zero attached hydrogens (tertiary/aromatic N) is 1. The van der Waals surface area contributed by atoms with Gasteiger partial charge in [0.1, 0.15) is 0 Å². The molecule has 0 radical (unpaired) electrons. The Bertz CT molecular complexity index is 254. The van der Waals surface area contributed by atoms with Crippen LogP contribution in [0.15, 0.2) is 0 Å². The molecule has 0 aromatic rings. The Morgan fingerprint density at radius 2 is 1.94 bits per heavy atom. The van der Waals surface area contributed by atoms with E-state index in [-0.39, 0.29) is 6.03 Å². The number of piperidine rings is 1. The average molecular weight is 256 g/mol. The van der Waals surface area contributed by atoms with Crippen LogP contribution in [-0.4, -0.2) is 41.6 Å². The van der Waals surface area contributed by atoms with Crippen molar-refractivity contribution >= 4 is 17.8 Å². The van der Waals surface area contributed by atoms with Crippen molar-refractivity contribution in [2.75, 3.05) is 19.3 Å². The number of carbonyl (C=O) groups excluding carboxylic acids is 1. The van der Waals surface area contributed by atoms with Gasteiger partial charge in [0, 0.05) is 24.4 Å². The van der Waals surface area contributed by atoms with Crippen molar-refractivity contribution in [3.8, 4) is 0 Å². The number of urea groups is 1. The maximum Gasteiger partial charge on any atom is 0.317 e. The van der Waals surface area contributed by atoms with Crippen molar-refractivity contribution in [1.82, 2.24) is 10.2 Å². The molecule has 1 saturated carbocycles. The fraction of sp³-hybridized carbons (Fsp3) is 0.923. The summed E-state index contributed by atoms with van der Waals surface area (Å²) in [4.78, 5) is 14.1. The van der Waals surface area contributed by atoms with Crippen molar-refractivity contribution in [3.63, 3.8) is 0 Å². The van der Waals surface area contributed by atoms with Crippen LogP contribution in [0.25, 0.3) is 0 Å². The highest BCUT2D eigenvalue weighted by molar-refractivity contribution is 7.99. The van der Waals surface area contributed by atoms with E-state index in [0.29, 0.717) is 6.04 Å². The summed E-state index contributed by atoms with van der Waals surface area (Å²) in [6, 6.07) is 0.590. The molecule has 2 atom stereocenters. The molecule has 1 N–H and O–H groups in total. The minimum Gasteiger partial charge on any atom is -0.335 e. The SMILES string of the molecule is CSC1CCCC(NC(=O)N2CCCCC2)C1. The van der Waals surface area contributed by atoms with Crippen LogP contribution in [0.2, 0.25) is 0 Å². The van der Waals surface area contributed by atoms with Crippen LogP contribution in [-0.2, 0) is 0 Å². The highest BCUT2D eigenvalue weighted by Crippen LogP contribution is 2.27. The van der Waals surface area contributed by atoms with Gasteiger partial charge in [0.2, 0.25) is 0 Å². The number of likely N-dealkylation sites (tertiary alicyclic amines) is 1. The average Bonchev–Trinajstić information content (AvgIpc) is 2.40. The van der Waals surface area contributed by atoms with Gasteiger partial charge in [-0.05, 0) is 44.8 Å². The molecule has 2 rings (SSSR count). The van der Waals surface area contributed by atoms with Gasteiger partial charge in [-0.3, -0.25) is 0 Å². The second-order valence-corrected chi connectivity index (χ2v) is 6.36. The molecule has 17 heavy (non-hydrogen) atoms. The lowest BCUT2D eigenvalue weighted by Crippen LogP contribution is -2.48. The molecule has 2 unspecified atom stereocenters. The molecule has 0 bridgehead atoms. The van der Waals surface area contributed by atoms with Crippen LogP contribution in [0.1, 0.15) is 44.9 Å². The van der Waals surface area contributed by atoms with E-state index in [2.05, 4.69) is 11.6 Å². The van der Waals surface area contributed by atoms with Crippen LogP contribution in [0.4, 0.5) is 4.79 Å². The normalized spacial score (nSPS) is 30.1. The molecule has 4 heteroatoms. The largest absolute Gasteiger partial charge is 0.335 e. The highest BCUT2D eigenvalue weighted by Gasteiger charge is 2.24. The first-order chi connectivity index (χ1) is 8.29. The molecule has 98 valence electrons. The summed E-state index contributed by atoms with van der Waals surface area (Å²) in [6.45, 7) is 1.90. The number of thioether (sulfide) groups is 1. The van der Waals surface area contributed by atoms with Crippen molar-refractivity contribution < 1.29 is 4.79 Å². The molecule has 0 spiro atoms. The van der Waals surface area contributed by atoms with E-state index in [0.717, 1.165) is 31.2 Å². The molecule has 2 fully saturated rings. The molecule has 0 aromatic carbocycles. The monoisotopic (exact) mass is 256 g/mol. The number of carbonyl (C=O) groups is 1. The maximum absolute atomic E-state index is 12.1. The van der Waals surface area contributed by atoms with E-state index in [1.807, 2.05) is 16.7 Å². The molecule has 1 heterocycles. The molecule has 1 aliphatic carbocycles. The summed E-state index contributed by atoms with van der Waals surface area (Å²) in [5.41, 5.74) is 0. The van der Waals surface area contributed by atoms with Crippen molar-refractivity contribution in [3.05, 3.63) is 0 Å². The maximum atomic E-state index is 12.1. The van der Waals surface area contributed by atoms with E-state index < -0.39 is 0 Å². The lowest BCUT2D eigenvalue weighted by molar-refractivity contribution is 0.179. The Balaban J connectivity index is 1.77. The van der Waals surface area contributed by atoms with Gasteiger partial charge in [0.25, 0.3) is 0 Å². The second-order valence-electron chi connectivity index (χ2n) is 5.22. The lowest BCUT2D eigenvalue weighted by Gasteiger charge is -2.32. The smallest absolute Gasteiger partial charge is 0.317 e. The Morgan fingerprint density at radius 1 is 1.18 bits per heavy atom. The first kappa shape index (κ1) is 13.1. The molecule has 2 aliphatic rings. The third-order valence-electron chi connectivity index (χ3n) is 3.93. The van der Waals surface area contributed by atoms with Crippen molar-refractivity contribution in [2.24, 2.45) is 0 Å². The zero-order valence-electron chi connectivity index (χ0n) is 10.8. The summed E-state index contributed by atoms with van der Waals surface area (Å²) in [7, 11) is 0. The van der Waals surface area contributed by atoms with E-state index in [1.54, 1.807) is 0 Å². The van der Waals surface area contributed by atoms with Gasteiger partial charge in [-0.2, -0.15) is 11.8 Å². The van der Waals surface area contributed by atoms with Crippen LogP contribution in [0, 0.1) is 0 Å². The third-order valence-corrected chi connectivity index (χ3v) is 5.03. The van der Waals surface area contributed by atoms with Crippen LogP contribution < -0.4 is 5.32 Å². The summed E-state index contributed by atoms with van der Waals surface area (Å²) in [5, 5.41) is 3.97. The molecule has 0 aromatic heterocycles. The Morgan fingerprint density at radius 3 is 2.65 bits per heavy atom.